The molecule has 0 heterocycles. The van der Waals surface area contributed by atoms with E-state index in [0.29, 0.717) is 10.9 Å². The molecule has 0 N–H and O–H groups in total. The highest BCUT2D eigenvalue weighted by molar-refractivity contribution is 9.09. The third-order valence-corrected chi connectivity index (χ3v) is 1.96. The first-order valence-corrected chi connectivity index (χ1v) is 5.00. The minimum Gasteiger partial charge on any atom is -0.298 e. The fourth-order valence-corrected chi connectivity index (χ4v) is 1.17. The van der Waals surface area contributed by atoms with Crippen LogP contribution in [0.2, 0.25) is 0 Å². The van der Waals surface area contributed by atoms with Crippen molar-refractivity contribution in [3.05, 3.63) is 34.9 Å². The van der Waals surface area contributed by atoms with Crippen LogP contribution in [0.4, 0.5) is 0 Å². The molecule has 0 atom stereocenters. The molecule has 0 aliphatic rings. The van der Waals surface area contributed by atoms with Crippen LogP contribution in [0.5, 0.6) is 0 Å². The average molecular weight is 237 g/mol. The molecule has 0 aromatic heterocycles. The molecule has 0 aliphatic carbocycles. The summed E-state index contributed by atoms with van der Waals surface area (Å²) in [4.78, 5) is 10.4. The van der Waals surface area contributed by atoms with Crippen molar-refractivity contribution < 1.29 is 4.79 Å². The van der Waals surface area contributed by atoms with Gasteiger partial charge in [-0.1, -0.05) is 33.8 Å². The molecule has 2 heteroatoms. The van der Waals surface area contributed by atoms with Crippen molar-refractivity contribution in [2.75, 3.05) is 5.33 Å². The van der Waals surface area contributed by atoms with E-state index in [9.17, 15) is 4.79 Å². The van der Waals surface area contributed by atoms with E-state index in [1.54, 1.807) is 6.07 Å². The Morgan fingerprint density at radius 2 is 2.31 bits per heavy atom. The topological polar surface area (TPSA) is 17.1 Å². The zero-order valence-electron chi connectivity index (χ0n) is 7.30. The predicted octanol–water partition coefficient (Wildman–Crippen LogP) is 2.55. The van der Waals surface area contributed by atoms with Gasteiger partial charge in [0.2, 0.25) is 0 Å². The summed E-state index contributed by atoms with van der Waals surface area (Å²) >= 11 is 3.23. The quantitative estimate of drug-likeness (QED) is 0.416. The van der Waals surface area contributed by atoms with Gasteiger partial charge in [0.25, 0.3) is 0 Å². The molecular weight excluding hydrogens is 228 g/mol. The summed E-state index contributed by atoms with van der Waals surface area (Å²) in [6.07, 6.45) is 0.842. The second-order valence-electron chi connectivity index (χ2n) is 2.63. The highest BCUT2D eigenvalue weighted by Crippen LogP contribution is 2.08. The molecule has 1 aromatic carbocycles. The van der Waals surface area contributed by atoms with Gasteiger partial charge < -0.3 is 0 Å². The second-order valence-corrected chi connectivity index (χ2v) is 3.19. The van der Waals surface area contributed by atoms with Crippen LogP contribution in [-0.2, 0) is 0 Å². The number of hydrogen-bond acceptors (Lipinski definition) is 1. The SMILES string of the molecule is Cc1cc(C=O)ccc1C#CCBr. The molecule has 1 nitrogen and oxygen atoms in total. The Morgan fingerprint density at radius 1 is 1.54 bits per heavy atom. The van der Waals surface area contributed by atoms with Crippen molar-refractivity contribution in [1.82, 2.24) is 0 Å². The van der Waals surface area contributed by atoms with E-state index < -0.39 is 0 Å². The molecule has 66 valence electrons. The number of halogens is 1. The maximum atomic E-state index is 10.4. The summed E-state index contributed by atoms with van der Waals surface area (Å²) in [7, 11) is 0. The van der Waals surface area contributed by atoms with Crippen LogP contribution in [0.15, 0.2) is 18.2 Å². The fraction of sp³-hybridized carbons (Fsp3) is 0.182. The third-order valence-electron chi connectivity index (χ3n) is 1.68. The van der Waals surface area contributed by atoms with Crippen LogP contribution >= 0.6 is 15.9 Å². The summed E-state index contributed by atoms with van der Waals surface area (Å²) in [6, 6.07) is 5.48. The average Bonchev–Trinajstić information content (AvgIpc) is 2.16. The smallest absolute Gasteiger partial charge is 0.150 e. The maximum absolute atomic E-state index is 10.4. The van der Waals surface area contributed by atoms with Gasteiger partial charge in [-0.05, 0) is 24.6 Å². The van der Waals surface area contributed by atoms with Crippen LogP contribution in [0.3, 0.4) is 0 Å². The van der Waals surface area contributed by atoms with E-state index in [0.717, 1.165) is 17.4 Å². The van der Waals surface area contributed by atoms with Gasteiger partial charge in [0.15, 0.2) is 0 Å². The minimum atomic E-state index is 0.669. The summed E-state index contributed by atoms with van der Waals surface area (Å²) in [5.41, 5.74) is 2.71. The summed E-state index contributed by atoms with van der Waals surface area (Å²) in [5, 5.41) is 0.669. The third kappa shape index (κ3) is 2.71. The van der Waals surface area contributed by atoms with Crippen molar-refractivity contribution in [3.8, 4) is 11.8 Å². The Kier molecular flexibility index (Phi) is 3.72. The zero-order valence-corrected chi connectivity index (χ0v) is 8.89. The number of rotatable bonds is 1. The Balaban J connectivity index is 3.05. The molecule has 0 aliphatic heterocycles. The van der Waals surface area contributed by atoms with Crippen LogP contribution < -0.4 is 0 Å². The van der Waals surface area contributed by atoms with Crippen LogP contribution in [0.25, 0.3) is 0 Å². The van der Waals surface area contributed by atoms with Crippen molar-refractivity contribution >= 4 is 22.2 Å². The summed E-state index contributed by atoms with van der Waals surface area (Å²) < 4.78 is 0. The Labute approximate surface area is 86.3 Å². The normalized spacial score (nSPS) is 8.77. The minimum absolute atomic E-state index is 0.669. The monoisotopic (exact) mass is 236 g/mol. The molecule has 1 aromatic rings. The van der Waals surface area contributed by atoms with E-state index in [1.165, 1.54) is 0 Å². The molecule has 0 radical (unpaired) electrons. The second kappa shape index (κ2) is 4.84. The summed E-state index contributed by atoms with van der Waals surface area (Å²) in [6.45, 7) is 1.95. The number of benzene rings is 1. The molecule has 0 unspecified atom stereocenters. The number of carbonyl (C=O) groups excluding carboxylic acids is 1. The van der Waals surface area contributed by atoms with Gasteiger partial charge in [-0.3, -0.25) is 4.79 Å². The highest BCUT2D eigenvalue weighted by Gasteiger charge is 1.95. The molecule has 0 saturated carbocycles. The standard InChI is InChI=1S/C11H9BrO/c1-9-7-10(8-13)4-5-11(9)3-2-6-12/h4-5,7-8H,6H2,1H3. The van der Waals surface area contributed by atoms with Crippen LogP contribution in [0, 0.1) is 18.8 Å². The highest BCUT2D eigenvalue weighted by atomic mass is 79.9. The van der Waals surface area contributed by atoms with Gasteiger partial charge >= 0.3 is 0 Å². The van der Waals surface area contributed by atoms with Crippen molar-refractivity contribution in [1.29, 1.82) is 0 Å². The van der Waals surface area contributed by atoms with Gasteiger partial charge in [0.05, 0.1) is 5.33 Å². The Bertz CT molecular complexity index is 371. The van der Waals surface area contributed by atoms with E-state index >= 15 is 0 Å². The van der Waals surface area contributed by atoms with Crippen LogP contribution in [-0.4, -0.2) is 11.6 Å². The van der Waals surface area contributed by atoms with Crippen molar-refractivity contribution in [2.24, 2.45) is 0 Å². The van der Waals surface area contributed by atoms with Gasteiger partial charge in [0, 0.05) is 11.1 Å². The predicted molar refractivity (Wildman–Crippen MR) is 57.2 cm³/mol. The first kappa shape index (κ1) is 10.0. The Hall–Kier alpha value is -1.07. The molecule has 13 heavy (non-hydrogen) atoms. The lowest BCUT2D eigenvalue weighted by Crippen LogP contribution is -1.86. The van der Waals surface area contributed by atoms with E-state index in [4.69, 9.17) is 0 Å². The lowest BCUT2D eigenvalue weighted by atomic mass is 10.1. The molecule has 0 bridgehead atoms. The van der Waals surface area contributed by atoms with E-state index in [-0.39, 0.29) is 0 Å². The van der Waals surface area contributed by atoms with Gasteiger partial charge in [-0.25, -0.2) is 0 Å². The first-order chi connectivity index (χ1) is 6.27. The van der Waals surface area contributed by atoms with Gasteiger partial charge in [-0.2, -0.15) is 0 Å². The molecular formula is C11H9BrO. The molecule has 0 amide bonds. The number of aryl methyl sites for hydroxylation is 1. The van der Waals surface area contributed by atoms with E-state index in [1.807, 2.05) is 19.1 Å². The van der Waals surface area contributed by atoms with Crippen molar-refractivity contribution in [3.63, 3.8) is 0 Å². The summed E-state index contributed by atoms with van der Waals surface area (Å²) in [5.74, 6) is 5.92. The number of carbonyl (C=O) groups is 1. The molecule has 0 spiro atoms. The number of hydrogen-bond donors (Lipinski definition) is 0. The van der Waals surface area contributed by atoms with Crippen LogP contribution in [0.1, 0.15) is 21.5 Å². The lowest BCUT2D eigenvalue weighted by Gasteiger charge is -1.97. The molecule has 0 saturated heterocycles. The fourth-order valence-electron chi connectivity index (χ4n) is 1.03. The molecule has 1 rings (SSSR count). The maximum Gasteiger partial charge on any atom is 0.150 e. The van der Waals surface area contributed by atoms with Gasteiger partial charge in [-0.15, -0.1) is 0 Å². The largest absolute Gasteiger partial charge is 0.298 e. The van der Waals surface area contributed by atoms with Crippen molar-refractivity contribution in [2.45, 2.75) is 6.92 Å². The first-order valence-electron chi connectivity index (χ1n) is 3.88. The van der Waals surface area contributed by atoms with Gasteiger partial charge in [0.1, 0.15) is 6.29 Å². The lowest BCUT2D eigenvalue weighted by molar-refractivity contribution is 0.112. The zero-order chi connectivity index (χ0) is 9.68. The van der Waals surface area contributed by atoms with E-state index in [2.05, 4.69) is 27.8 Å². The molecule has 0 fully saturated rings. The number of aldehydes is 1. The number of alkyl halides is 1. The Morgan fingerprint density at radius 3 is 2.85 bits per heavy atom.